The summed E-state index contributed by atoms with van der Waals surface area (Å²) in [7, 11) is 0. The van der Waals surface area contributed by atoms with E-state index in [1.165, 1.54) is 12.1 Å². The van der Waals surface area contributed by atoms with Crippen LogP contribution in [0, 0.1) is 5.82 Å². The fourth-order valence-electron chi connectivity index (χ4n) is 1.86. The monoisotopic (exact) mass is 270 g/mol. The highest BCUT2D eigenvalue weighted by Gasteiger charge is 2.13. The zero-order valence-electron chi connectivity index (χ0n) is 10.0. The minimum absolute atomic E-state index is 0.240. The van der Waals surface area contributed by atoms with E-state index in [0.29, 0.717) is 0 Å². The molecule has 0 spiro atoms. The number of halogens is 1. The van der Waals surface area contributed by atoms with E-state index in [1.807, 2.05) is 40.6 Å². The van der Waals surface area contributed by atoms with Gasteiger partial charge in [-0.05, 0) is 36.4 Å². The molecule has 3 aromatic rings. The normalized spacial score (nSPS) is 10.4. The van der Waals surface area contributed by atoms with E-state index < -0.39 is 0 Å². The van der Waals surface area contributed by atoms with E-state index in [-0.39, 0.29) is 5.82 Å². The molecule has 0 atom stereocenters. The van der Waals surface area contributed by atoms with E-state index in [2.05, 4.69) is 4.98 Å². The molecule has 0 radical (unpaired) electrons. The van der Waals surface area contributed by atoms with Crippen LogP contribution in [0.5, 0.6) is 0 Å². The van der Waals surface area contributed by atoms with Crippen molar-refractivity contribution in [1.29, 1.82) is 0 Å². The average Bonchev–Trinajstić information content (AvgIpc) is 2.96. The SMILES string of the molecule is Fc1ccc(N(c2ccccc2)c2nccs2)cc1. The lowest BCUT2D eigenvalue weighted by molar-refractivity contribution is 0.628. The highest BCUT2D eigenvalue weighted by atomic mass is 32.1. The Balaban J connectivity index is 2.10. The molecule has 0 fully saturated rings. The van der Waals surface area contributed by atoms with Gasteiger partial charge in [-0.1, -0.05) is 18.2 Å². The van der Waals surface area contributed by atoms with Crippen LogP contribution in [0.4, 0.5) is 20.9 Å². The molecule has 94 valence electrons. The van der Waals surface area contributed by atoms with Crippen molar-refractivity contribution in [3.8, 4) is 0 Å². The molecule has 0 bridgehead atoms. The Morgan fingerprint density at radius 1 is 0.895 bits per heavy atom. The van der Waals surface area contributed by atoms with E-state index in [9.17, 15) is 4.39 Å². The largest absolute Gasteiger partial charge is 0.286 e. The maximum absolute atomic E-state index is 13.1. The maximum atomic E-state index is 13.1. The molecule has 1 heterocycles. The van der Waals surface area contributed by atoms with Crippen LogP contribution in [-0.2, 0) is 0 Å². The molecule has 1 aromatic heterocycles. The van der Waals surface area contributed by atoms with Gasteiger partial charge in [0.15, 0.2) is 5.13 Å². The molecule has 0 amide bonds. The second kappa shape index (κ2) is 5.20. The highest BCUT2D eigenvalue weighted by molar-refractivity contribution is 7.13. The van der Waals surface area contributed by atoms with Crippen molar-refractivity contribution in [3.63, 3.8) is 0 Å². The third-order valence-electron chi connectivity index (χ3n) is 2.71. The Labute approximate surface area is 114 Å². The topological polar surface area (TPSA) is 16.1 Å². The molecule has 0 aliphatic carbocycles. The van der Waals surface area contributed by atoms with Crippen LogP contribution in [0.15, 0.2) is 66.2 Å². The molecule has 0 saturated carbocycles. The number of nitrogens with zero attached hydrogens (tertiary/aromatic N) is 2. The van der Waals surface area contributed by atoms with Gasteiger partial charge in [-0.25, -0.2) is 9.37 Å². The van der Waals surface area contributed by atoms with Gasteiger partial charge in [-0.3, -0.25) is 4.90 Å². The molecule has 0 saturated heterocycles. The zero-order valence-corrected chi connectivity index (χ0v) is 10.8. The van der Waals surface area contributed by atoms with Gasteiger partial charge in [-0.2, -0.15) is 0 Å². The summed E-state index contributed by atoms with van der Waals surface area (Å²) < 4.78 is 13.1. The summed E-state index contributed by atoms with van der Waals surface area (Å²) >= 11 is 1.55. The molecule has 0 aliphatic heterocycles. The van der Waals surface area contributed by atoms with Gasteiger partial charge in [-0.15, -0.1) is 11.3 Å². The fourth-order valence-corrected chi connectivity index (χ4v) is 2.54. The van der Waals surface area contributed by atoms with E-state index in [0.717, 1.165) is 16.5 Å². The predicted octanol–water partition coefficient (Wildman–Crippen LogP) is 4.75. The smallest absolute Gasteiger partial charge is 0.194 e. The van der Waals surface area contributed by atoms with Crippen molar-refractivity contribution in [2.45, 2.75) is 0 Å². The molecular formula is C15H11FN2S. The van der Waals surface area contributed by atoms with Crippen LogP contribution < -0.4 is 4.90 Å². The first-order valence-corrected chi connectivity index (χ1v) is 6.73. The Morgan fingerprint density at radius 2 is 1.58 bits per heavy atom. The minimum atomic E-state index is -0.240. The molecule has 3 rings (SSSR count). The number of benzene rings is 2. The Morgan fingerprint density at radius 3 is 2.21 bits per heavy atom. The first kappa shape index (κ1) is 11.9. The number of thiazole rings is 1. The van der Waals surface area contributed by atoms with Crippen molar-refractivity contribution >= 4 is 27.8 Å². The molecular weight excluding hydrogens is 259 g/mol. The maximum Gasteiger partial charge on any atom is 0.194 e. The predicted molar refractivity (Wildman–Crippen MR) is 76.8 cm³/mol. The highest BCUT2D eigenvalue weighted by Crippen LogP contribution is 2.35. The van der Waals surface area contributed by atoms with Gasteiger partial charge in [0.1, 0.15) is 5.82 Å². The zero-order chi connectivity index (χ0) is 13.1. The van der Waals surface area contributed by atoms with Crippen LogP contribution in [0.2, 0.25) is 0 Å². The summed E-state index contributed by atoms with van der Waals surface area (Å²) in [6.45, 7) is 0. The first-order valence-electron chi connectivity index (χ1n) is 5.85. The lowest BCUT2D eigenvalue weighted by Crippen LogP contribution is -2.09. The summed E-state index contributed by atoms with van der Waals surface area (Å²) in [5.74, 6) is -0.240. The van der Waals surface area contributed by atoms with Gasteiger partial charge in [0.05, 0.1) is 0 Å². The van der Waals surface area contributed by atoms with Crippen molar-refractivity contribution in [2.75, 3.05) is 4.90 Å². The summed E-state index contributed by atoms with van der Waals surface area (Å²) in [4.78, 5) is 6.35. The Kier molecular flexibility index (Phi) is 3.25. The van der Waals surface area contributed by atoms with E-state index >= 15 is 0 Å². The van der Waals surface area contributed by atoms with Gasteiger partial charge >= 0.3 is 0 Å². The lowest BCUT2D eigenvalue weighted by Gasteiger charge is -2.22. The third kappa shape index (κ3) is 2.48. The van der Waals surface area contributed by atoms with E-state index in [1.54, 1.807) is 29.7 Å². The molecule has 19 heavy (non-hydrogen) atoms. The fraction of sp³-hybridized carbons (Fsp3) is 0. The number of hydrogen-bond donors (Lipinski definition) is 0. The summed E-state index contributed by atoms with van der Waals surface area (Å²) in [5, 5.41) is 2.78. The second-order valence-electron chi connectivity index (χ2n) is 3.96. The van der Waals surface area contributed by atoms with Crippen LogP contribution >= 0.6 is 11.3 Å². The molecule has 0 unspecified atom stereocenters. The Hall–Kier alpha value is -2.20. The number of anilines is 3. The van der Waals surface area contributed by atoms with Crippen LogP contribution in [-0.4, -0.2) is 4.98 Å². The standard InChI is InChI=1S/C15H11FN2S/c16-12-6-8-14(9-7-12)18(15-17-10-11-19-15)13-4-2-1-3-5-13/h1-11H. The van der Waals surface area contributed by atoms with Gasteiger partial charge in [0, 0.05) is 23.0 Å². The number of rotatable bonds is 3. The van der Waals surface area contributed by atoms with Crippen molar-refractivity contribution in [3.05, 3.63) is 72.0 Å². The summed E-state index contributed by atoms with van der Waals surface area (Å²) in [6, 6.07) is 16.3. The van der Waals surface area contributed by atoms with Crippen LogP contribution in [0.3, 0.4) is 0 Å². The number of aromatic nitrogens is 1. The lowest BCUT2D eigenvalue weighted by atomic mass is 10.2. The molecule has 0 N–H and O–H groups in total. The van der Waals surface area contributed by atoms with Crippen LogP contribution in [0.25, 0.3) is 0 Å². The quantitative estimate of drug-likeness (QED) is 0.682. The molecule has 0 aliphatic rings. The second-order valence-corrected chi connectivity index (χ2v) is 4.84. The van der Waals surface area contributed by atoms with Crippen LogP contribution in [0.1, 0.15) is 0 Å². The minimum Gasteiger partial charge on any atom is -0.286 e. The van der Waals surface area contributed by atoms with Crippen molar-refractivity contribution < 1.29 is 4.39 Å². The van der Waals surface area contributed by atoms with Crippen molar-refractivity contribution in [1.82, 2.24) is 4.98 Å². The van der Waals surface area contributed by atoms with E-state index in [4.69, 9.17) is 0 Å². The first-order chi connectivity index (χ1) is 9.34. The summed E-state index contributed by atoms with van der Waals surface area (Å²) in [6.07, 6.45) is 1.76. The van der Waals surface area contributed by atoms with Crippen molar-refractivity contribution in [2.24, 2.45) is 0 Å². The number of hydrogen-bond acceptors (Lipinski definition) is 3. The van der Waals surface area contributed by atoms with Gasteiger partial charge in [0.25, 0.3) is 0 Å². The van der Waals surface area contributed by atoms with Gasteiger partial charge < -0.3 is 0 Å². The Bertz CT molecular complexity index is 636. The number of para-hydroxylation sites is 1. The van der Waals surface area contributed by atoms with Gasteiger partial charge in [0.2, 0.25) is 0 Å². The third-order valence-corrected chi connectivity index (χ3v) is 3.47. The molecule has 2 aromatic carbocycles. The molecule has 2 nitrogen and oxygen atoms in total. The molecule has 4 heteroatoms. The average molecular weight is 270 g/mol. The summed E-state index contributed by atoms with van der Waals surface area (Å²) in [5.41, 5.74) is 1.90.